The van der Waals surface area contributed by atoms with Crippen LogP contribution in [0.3, 0.4) is 0 Å². The Balaban J connectivity index is 2.34. The van der Waals surface area contributed by atoms with Gasteiger partial charge in [0.15, 0.2) is 6.29 Å². The molecule has 1 aromatic carbocycles. The number of methoxy groups -OCH3 is 3. The van der Waals surface area contributed by atoms with Crippen molar-refractivity contribution in [2.45, 2.75) is 18.8 Å². The normalized spacial score (nSPS) is 19.2. The van der Waals surface area contributed by atoms with Gasteiger partial charge in [0.2, 0.25) is 0 Å². The van der Waals surface area contributed by atoms with E-state index in [0.29, 0.717) is 0 Å². The smallest absolute Gasteiger partial charge is 0.176 e. The van der Waals surface area contributed by atoms with Crippen molar-refractivity contribution in [3.63, 3.8) is 0 Å². The van der Waals surface area contributed by atoms with Gasteiger partial charge in [0.05, 0.1) is 13.2 Å². The van der Waals surface area contributed by atoms with Crippen molar-refractivity contribution in [3.8, 4) is 5.75 Å². The fourth-order valence-electron chi connectivity index (χ4n) is 2.30. The molecule has 1 heterocycles. The van der Waals surface area contributed by atoms with Crippen molar-refractivity contribution < 1.29 is 14.2 Å². The Kier molecular flexibility index (Phi) is 3.99. The summed E-state index contributed by atoms with van der Waals surface area (Å²) in [6.07, 6.45) is 0.747. The quantitative estimate of drug-likeness (QED) is 0.806. The van der Waals surface area contributed by atoms with Crippen LogP contribution in [0.25, 0.3) is 0 Å². The van der Waals surface area contributed by atoms with Gasteiger partial charge >= 0.3 is 0 Å². The molecule has 2 rings (SSSR count). The molecule has 1 unspecified atom stereocenters. The molecule has 0 bridgehead atoms. The van der Waals surface area contributed by atoms with Crippen LogP contribution in [0.2, 0.25) is 0 Å². The van der Waals surface area contributed by atoms with Crippen LogP contribution in [0, 0.1) is 0 Å². The first kappa shape index (κ1) is 12.4. The summed E-state index contributed by atoms with van der Waals surface area (Å²) >= 11 is 0. The summed E-state index contributed by atoms with van der Waals surface area (Å²) in [6.45, 7) is 0.938. The summed E-state index contributed by atoms with van der Waals surface area (Å²) in [7, 11) is 4.99. The predicted molar refractivity (Wildman–Crippen MR) is 65.2 cm³/mol. The SMILES string of the molecule is COc1ccc2c(c1)C(C(OC)OC)NCC2. The monoisotopic (exact) mass is 237 g/mol. The van der Waals surface area contributed by atoms with Crippen LogP contribution in [0.4, 0.5) is 0 Å². The first-order chi connectivity index (χ1) is 8.30. The van der Waals surface area contributed by atoms with E-state index in [1.807, 2.05) is 6.07 Å². The van der Waals surface area contributed by atoms with Crippen LogP contribution in [0.5, 0.6) is 5.75 Å². The van der Waals surface area contributed by atoms with E-state index in [0.717, 1.165) is 18.7 Å². The number of rotatable bonds is 4. The van der Waals surface area contributed by atoms with Crippen LogP contribution < -0.4 is 10.1 Å². The number of hydrogen-bond acceptors (Lipinski definition) is 4. The maximum absolute atomic E-state index is 5.34. The highest BCUT2D eigenvalue weighted by Gasteiger charge is 2.27. The molecule has 0 fully saturated rings. The molecule has 0 amide bonds. The molecular formula is C13H19NO3. The van der Waals surface area contributed by atoms with Crippen molar-refractivity contribution in [2.24, 2.45) is 0 Å². The van der Waals surface area contributed by atoms with Crippen LogP contribution in [-0.4, -0.2) is 34.2 Å². The lowest BCUT2D eigenvalue weighted by molar-refractivity contribution is -0.125. The molecule has 0 radical (unpaired) electrons. The highest BCUT2D eigenvalue weighted by Crippen LogP contribution is 2.30. The number of ether oxygens (including phenoxy) is 3. The minimum Gasteiger partial charge on any atom is -0.497 e. The van der Waals surface area contributed by atoms with E-state index in [4.69, 9.17) is 14.2 Å². The van der Waals surface area contributed by atoms with E-state index >= 15 is 0 Å². The molecule has 94 valence electrons. The maximum Gasteiger partial charge on any atom is 0.176 e. The van der Waals surface area contributed by atoms with Crippen molar-refractivity contribution in [1.29, 1.82) is 0 Å². The third-order valence-corrected chi connectivity index (χ3v) is 3.18. The summed E-state index contributed by atoms with van der Waals surface area (Å²) in [5, 5.41) is 3.42. The molecule has 0 aliphatic carbocycles. The molecule has 1 N–H and O–H groups in total. The molecule has 0 spiro atoms. The Morgan fingerprint density at radius 3 is 2.65 bits per heavy atom. The zero-order valence-electron chi connectivity index (χ0n) is 10.5. The summed E-state index contributed by atoms with van der Waals surface area (Å²) in [5.74, 6) is 0.864. The average Bonchev–Trinajstić information content (AvgIpc) is 2.40. The second kappa shape index (κ2) is 5.49. The fourth-order valence-corrected chi connectivity index (χ4v) is 2.30. The molecule has 0 saturated carbocycles. The first-order valence-electron chi connectivity index (χ1n) is 5.76. The molecule has 1 aliphatic heterocycles. The second-order valence-electron chi connectivity index (χ2n) is 4.09. The molecule has 1 atom stereocenters. The van der Waals surface area contributed by atoms with Gasteiger partial charge in [0.1, 0.15) is 5.75 Å². The third-order valence-electron chi connectivity index (χ3n) is 3.18. The van der Waals surface area contributed by atoms with Crippen LogP contribution >= 0.6 is 0 Å². The molecule has 0 aromatic heterocycles. The van der Waals surface area contributed by atoms with Gasteiger partial charge in [-0.1, -0.05) is 6.07 Å². The lowest BCUT2D eigenvalue weighted by Gasteiger charge is -2.31. The molecule has 1 aliphatic rings. The van der Waals surface area contributed by atoms with Gasteiger partial charge < -0.3 is 19.5 Å². The van der Waals surface area contributed by atoms with Crippen molar-refractivity contribution in [2.75, 3.05) is 27.9 Å². The number of nitrogens with one attached hydrogen (secondary N) is 1. The Morgan fingerprint density at radius 2 is 2.00 bits per heavy atom. The predicted octanol–water partition coefficient (Wildman–Crippen LogP) is 1.50. The fraction of sp³-hybridized carbons (Fsp3) is 0.538. The van der Waals surface area contributed by atoms with Gasteiger partial charge in [0.25, 0.3) is 0 Å². The largest absolute Gasteiger partial charge is 0.497 e. The minimum absolute atomic E-state index is 0.0591. The number of fused-ring (bicyclic) bond motifs is 1. The Morgan fingerprint density at radius 1 is 1.24 bits per heavy atom. The lowest BCUT2D eigenvalue weighted by Crippen LogP contribution is -2.39. The summed E-state index contributed by atoms with van der Waals surface area (Å²) < 4.78 is 16.0. The van der Waals surface area contributed by atoms with E-state index < -0.39 is 0 Å². The zero-order chi connectivity index (χ0) is 12.3. The van der Waals surface area contributed by atoms with E-state index in [-0.39, 0.29) is 12.3 Å². The average molecular weight is 237 g/mol. The zero-order valence-corrected chi connectivity index (χ0v) is 10.5. The topological polar surface area (TPSA) is 39.7 Å². The highest BCUT2D eigenvalue weighted by molar-refractivity contribution is 5.39. The van der Waals surface area contributed by atoms with Gasteiger partial charge in [-0.05, 0) is 36.2 Å². The van der Waals surface area contributed by atoms with Gasteiger partial charge in [0, 0.05) is 14.2 Å². The third kappa shape index (κ3) is 2.44. The van der Waals surface area contributed by atoms with Gasteiger partial charge in [-0.3, -0.25) is 0 Å². The second-order valence-corrected chi connectivity index (χ2v) is 4.09. The first-order valence-corrected chi connectivity index (χ1v) is 5.76. The Hall–Kier alpha value is -1.10. The Bertz CT molecular complexity index is 377. The van der Waals surface area contributed by atoms with Crippen molar-refractivity contribution >= 4 is 0 Å². The van der Waals surface area contributed by atoms with E-state index in [2.05, 4.69) is 17.4 Å². The molecule has 0 saturated heterocycles. The molecule has 1 aromatic rings. The molecule has 17 heavy (non-hydrogen) atoms. The van der Waals surface area contributed by atoms with Crippen molar-refractivity contribution in [1.82, 2.24) is 5.32 Å². The number of benzene rings is 1. The molecular weight excluding hydrogens is 218 g/mol. The molecule has 4 nitrogen and oxygen atoms in total. The maximum atomic E-state index is 5.34. The van der Waals surface area contributed by atoms with Crippen LogP contribution in [0.1, 0.15) is 17.2 Å². The highest BCUT2D eigenvalue weighted by atomic mass is 16.7. The summed E-state index contributed by atoms with van der Waals surface area (Å²) in [6, 6.07) is 6.22. The summed E-state index contributed by atoms with van der Waals surface area (Å²) in [5.41, 5.74) is 2.53. The number of hydrogen-bond donors (Lipinski definition) is 1. The minimum atomic E-state index is -0.277. The van der Waals surface area contributed by atoms with E-state index in [9.17, 15) is 0 Å². The lowest BCUT2D eigenvalue weighted by atomic mass is 9.93. The van der Waals surface area contributed by atoms with Gasteiger partial charge in [-0.15, -0.1) is 0 Å². The van der Waals surface area contributed by atoms with E-state index in [1.165, 1.54) is 11.1 Å². The standard InChI is InChI=1S/C13H19NO3/c1-15-10-5-4-9-6-7-14-12(11(9)8-10)13(16-2)17-3/h4-5,8,12-14H,6-7H2,1-3H3. The van der Waals surface area contributed by atoms with Gasteiger partial charge in [-0.2, -0.15) is 0 Å². The van der Waals surface area contributed by atoms with Crippen LogP contribution in [-0.2, 0) is 15.9 Å². The van der Waals surface area contributed by atoms with Crippen molar-refractivity contribution in [3.05, 3.63) is 29.3 Å². The van der Waals surface area contributed by atoms with Gasteiger partial charge in [-0.25, -0.2) is 0 Å². The summed E-state index contributed by atoms with van der Waals surface area (Å²) in [4.78, 5) is 0. The molecule has 4 heteroatoms. The van der Waals surface area contributed by atoms with Crippen LogP contribution in [0.15, 0.2) is 18.2 Å². The Labute approximate surface area is 102 Å². The van der Waals surface area contributed by atoms with E-state index in [1.54, 1.807) is 21.3 Å².